The monoisotopic (exact) mass is 402 g/mol. The Morgan fingerprint density at radius 1 is 1.04 bits per heavy atom. The number of hydrogen-bond donors (Lipinski definition) is 3. The summed E-state index contributed by atoms with van der Waals surface area (Å²) in [4.78, 5) is 14.2. The lowest BCUT2D eigenvalue weighted by Crippen LogP contribution is -2.31. The van der Waals surface area contributed by atoms with E-state index in [1.807, 2.05) is 19.2 Å². The van der Waals surface area contributed by atoms with E-state index in [1.165, 1.54) is 5.56 Å². The average molecular weight is 403 g/mol. The maximum Gasteiger partial charge on any atom is 0.255 e. The number of para-hydroxylation sites is 1. The number of nitrogens with one attached hydrogen (secondary N) is 2. The van der Waals surface area contributed by atoms with E-state index in [-0.39, 0.29) is 18.3 Å². The predicted octanol–water partition coefficient (Wildman–Crippen LogP) is 3.93. The predicted molar refractivity (Wildman–Crippen MR) is 117 cm³/mol. The minimum absolute atomic E-state index is 0. The van der Waals surface area contributed by atoms with Gasteiger partial charge in [-0.05, 0) is 37.0 Å². The minimum atomic E-state index is 0. The van der Waals surface area contributed by atoms with Crippen LogP contribution in [0.3, 0.4) is 0 Å². The molecule has 1 heterocycles. The second-order valence-electron chi connectivity index (χ2n) is 7.35. The van der Waals surface area contributed by atoms with Crippen molar-refractivity contribution >= 4 is 24.0 Å². The molecule has 2 aromatic carbocycles. The van der Waals surface area contributed by atoms with E-state index >= 15 is 0 Å². The molecule has 6 heteroatoms. The second-order valence-corrected chi connectivity index (χ2v) is 7.35. The first-order chi connectivity index (χ1) is 13.1. The van der Waals surface area contributed by atoms with Crippen LogP contribution in [-0.2, 0) is 0 Å². The van der Waals surface area contributed by atoms with Gasteiger partial charge in [0.2, 0.25) is 0 Å². The van der Waals surface area contributed by atoms with Gasteiger partial charge < -0.3 is 10.6 Å². The largest absolute Gasteiger partial charge is 0.398 e. The zero-order chi connectivity index (χ0) is 19.1. The highest BCUT2D eigenvalue weighted by atomic mass is 35.5. The highest BCUT2D eigenvalue weighted by molar-refractivity contribution is 5.98. The number of carbonyl (C=O) groups is 1. The van der Waals surface area contributed by atoms with Crippen LogP contribution in [0.2, 0.25) is 0 Å². The molecule has 0 spiro atoms. The molecular formula is C22H31ClN4O. The lowest BCUT2D eigenvalue weighted by molar-refractivity contribution is 0.0793. The Bertz CT molecular complexity index is 740. The summed E-state index contributed by atoms with van der Waals surface area (Å²) in [6.07, 6.45) is 5.57. The molecule has 2 unspecified atom stereocenters. The van der Waals surface area contributed by atoms with Crippen LogP contribution in [0, 0.1) is 0 Å². The van der Waals surface area contributed by atoms with Crippen molar-refractivity contribution in [3.63, 3.8) is 0 Å². The van der Waals surface area contributed by atoms with Crippen LogP contribution in [0.15, 0.2) is 54.6 Å². The molecule has 0 bridgehead atoms. The summed E-state index contributed by atoms with van der Waals surface area (Å²) in [5.41, 5.74) is 15.2. The average Bonchev–Trinajstić information content (AvgIpc) is 3.17. The van der Waals surface area contributed by atoms with Crippen LogP contribution in [0.5, 0.6) is 0 Å². The SMILES string of the molecule is CN(CCCCCC1CC(c2ccccc2)NN1)C(=O)c1ccccc1N.Cl. The van der Waals surface area contributed by atoms with Crippen molar-refractivity contribution in [1.29, 1.82) is 0 Å². The van der Waals surface area contributed by atoms with Gasteiger partial charge in [0.1, 0.15) is 0 Å². The van der Waals surface area contributed by atoms with E-state index in [2.05, 4.69) is 41.2 Å². The third-order valence-corrected chi connectivity index (χ3v) is 5.27. The Labute approximate surface area is 174 Å². The smallest absolute Gasteiger partial charge is 0.255 e. The van der Waals surface area contributed by atoms with Crippen molar-refractivity contribution in [2.75, 3.05) is 19.3 Å². The van der Waals surface area contributed by atoms with Crippen LogP contribution in [0.25, 0.3) is 0 Å². The fourth-order valence-corrected chi connectivity index (χ4v) is 3.63. The summed E-state index contributed by atoms with van der Waals surface area (Å²) < 4.78 is 0. The summed E-state index contributed by atoms with van der Waals surface area (Å²) in [6.45, 7) is 0.760. The van der Waals surface area contributed by atoms with E-state index in [0.29, 0.717) is 23.3 Å². The molecule has 2 aromatic rings. The molecule has 1 fully saturated rings. The van der Waals surface area contributed by atoms with Gasteiger partial charge in [-0.2, -0.15) is 0 Å². The summed E-state index contributed by atoms with van der Waals surface area (Å²) in [5, 5.41) is 0. The first kappa shape index (κ1) is 22.2. The van der Waals surface area contributed by atoms with Gasteiger partial charge in [0, 0.05) is 31.4 Å². The Morgan fingerprint density at radius 3 is 2.50 bits per heavy atom. The van der Waals surface area contributed by atoms with Crippen molar-refractivity contribution in [2.45, 2.75) is 44.2 Å². The molecule has 1 aliphatic heterocycles. The number of nitrogen functional groups attached to an aromatic ring is 1. The van der Waals surface area contributed by atoms with Crippen LogP contribution in [0.1, 0.15) is 54.1 Å². The third-order valence-electron chi connectivity index (χ3n) is 5.27. The van der Waals surface area contributed by atoms with E-state index in [4.69, 9.17) is 5.73 Å². The maximum absolute atomic E-state index is 12.4. The van der Waals surface area contributed by atoms with Crippen molar-refractivity contribution in [1.82, 2.24) is 15.8 Å². The van der Waals surface area contributed by atoms with E-state index < -0.39 is 0 Å². The number of nitrogens with zero attached hydrogens (tertiary/aromatic N) is 1. The molecule has 28 heavy (non-hydrogen) atoms. The zero-order valence-electron chi connectivity index (χ0n) is 16.4. The Kier molecular flexibility index (Phi) is 8.77. The number of carbonyl (C=O) groups excluding carboxylic acids is 1. The van der Waals surface area contributed by atoms with Crippen LogP contribution in [-0.4, -0.2) is 30.4 Å². The fourth-order valence-electron chi connectivity index (χ4n) is 3.63. The lowest BCUT2D eigenvalue weighted by Gasteiger charge is -2.18. The number of amides is 1. The first-order valence-electron chi connectivity index (χ1n) is 9.81. The number of hydrogen-bond acceptors (Lipinski definition) is 4. The molecule has 1 saturated heterocycles. The highest BCUT2D eigenvalue weighted by Gasteiger charge is 2.24. The quantitative estimate of drug-likeness (QED) is 0.462. The van der Waals surface area contributed by atoms with Crippen molar-refractivity contribution < 1.29 is 4.79 Å². The minimum Gasteiger partial charge on any atom is -0.398 e. The van der Waals surface area contributed by atoms with Crippen molar-refractivity contribution in [3.05, 3.63) is 65.7 Å². The zero-order valence-corrected chi connectivity index (χ0v) is 17.3. The number of nitrogens with two attached hydrogens (primary N) is 1. The van der Waals surface area contributed by atoms with Gasteiger partial charge in [-0.1, -0.05) is 55.3 Å². The summed E-state index contributed by atoms with van der Waals surface area (Å²) in [5.74, 6) is 0.000428. The van der Waals surface area contributed by atoms with E-state index in [0.717, 1.165) is 38.6 Å². The van der Waals surface area contributed by atoms with Gasteiger partial charge >= 0.3 is 0 Å². The van der Waals surface area contributed by atoms with Crippen molar-refractivity contribution in [3.8, 4) is 0 Å². The topological polar surface area (TPSA) is 70.4 Å². The summed E-state index contributed by atoms with van der Waals surface area (Å²) in [6, 6.07) is 18.7. The van der Waals surface area contributed by atoms with Gasteiger partial charge in [0.25, 0.3) is 5.91 Å². The van der Waals surface area contributed by atoms with Gasteiger partial charge in [0.15, 0.2) is 0 Å². The van der Waals surface area contributed by atoms with E-state index in [9.17, 15) is 4.79 Å². The first-order valence-corrected chi connectivity index (χ1v) is 9.81. The highest BCUT2D eigenvalue weighted by Crippen LogP contribution is 2.24. The van der Waals surface area contributed by atoms with Crippen LogP contribution < -0.4 is 16.6 Å². The molecular weight excluding hydrogens is 372 g/mol. The van der Waals surface area contributed by atoms with Gasteiger partial charge in [0.05, 0.1) is 5.56 Å². The van der Waals surface area contributed by atoms with Gasteiger partial charge in [-0.15, -0.1) is 12.4 Å². The molecule has 2 atom stereocenters. The third kappa shape index (κ3) is 5.96. The standard InChI is InChI=1S/C22H30N4O.ClH/c1-26(22(27)19-13-7-8-14-20(19)23)15-9-3-6-12-18-16-21(25-24-18)17-10-4-2-5-11-17;/h2,4-5,7-8,10-11,13-14,18,21,24-25H,3,6,9,12,15-16,23H2,1H3;1H. The van der Waals surface area contributed by atoms with Crippen LogP contribution in [0.4, 0.5) is 5.69 Å². The molecule has 0 aromatic heterocycles. The fraction of sp³-hybridized carbons (Fsp3) is 0.409. The lowest BCUT2D eigenvalue weighted by atomic mass is 9.99. The molecule has 0 aliphatic carbocycles. The molecule has 152 valence electrons. The number of unbranched alkanes of at least 4 members (excludes halogenated alkanes) is 2. The normalized spacial score (nSPS) is 18.5. The second kappa shape index (κ2) is 11.1. The number of rotatable bonds is 8. The molecule has 0 saturated carbocycles. The van der Waals surface area contributed by atoms with E-state index in [1.54, 1.807) is 17.0 Å². The molecule has 1 amide bonds. The Balaban J connectivity index is 0.00000280. The number of halogens is 1. The maximum atomic E-state index is 12.4. The van der Waals surface area contributed by atoms with Gasteiger partial charge in [-0.3, -0.25) is 15.6 Å². The Hall–Kier alpha value is -2.08. The molecule has 3 rings (SSSR count). The molecule has 5 nitrogen and oxygen atoms in total. The number of anilines is 1. The molecule has 0 radical (unpaired) electrons. The summed E-state index contributed by atoms with van der Waals surface area (Å²) >= 11 is 0. The number of benzene rings is 2. The van der Waals surface area contributed by atoms with Crippen LogP contribution >= 0.6 is 12.4 Å². The molecule has 1 aliphatic rings. The summed E-state index contributed by atoms with van der Waals surface area (Å²) in [7, 11) is 1.85. The number of hydrazine groups is 1. The van der Waals surface area contributed by atoms with Crippen molar-refractivity contribution in [2.24, 2.45) is 0 Å². The van der Waals surface area contributed by atoms with Gasteiger partial charge in [-0.25, -0.2) is 0 Å². The Morgan fingerprint density at radius 2 is 1.75 bits per heavy atom. The molecule has 4 N–H and O–H groups in total.